The standard InChI is InChI=1S/C12H14N2O3/c1-17-8-11(14-12(15)16)6-9-2-4-10(7-13)5-3-9/h2-5,11,14H,6,8H2,1H3,(H,15,16). The highest BCUT2D eigenvalue weighted by molar-refractivity contribution is 5.64. The monoisotopic (exact) mass is 234 g/mol. The molecule has 90 valence electrons. The first kappa shape index (κ1) is 13.0. The van der Waals surface area contributed by atoms with Gasteiger partial charge in [0.15, 0.2) is 0 Å². The molecule has 1 amide bonds. The molecule has 17 heavy (non-hydrogen) atoms. The Morgan fingerprint density at radius 1 is 1.53 bits per heavy atom. The molecule has 5 nitrogen and oxygen atoms in total. The minimum Gasteiger partial charge on any atom is -0.465 e. The normalized spacial score (nSPS) is 11.5. The Morgan fingerprint density at radius 3 is 2.65 bits per heavy atom. The number of nitrogens with zero attached hydrogens (tertiary/aromatic N) is 1. The third-order valence-electron chi connectivity index (χ3n) is 2.26. The maximum atomic E-state index is 10.6. The molecule has 0 aliphatic carbocycles. The fourth-order valence-electron chi connectivity index (χ4n) is 1.53. The first-order valence-corrected chi connectivity index (χ1v) is 5.13. The second kappa shape index (κ2) is 6.51. The number of rotatable bonds is 5. The van der Waals surface area contributed by atoms with Crippen LogP contribution in [-0.4, -0.2) is 31.0 Å². The molecule has 1 aromatic carbocycles. The van der Waals surface area contributed by atoms with Crippen molar-refractivity contribution in [3.63, 3.8) is 0 Å². The molecule has 0 radical (unpaired) electrons. The van der Waals surface area contributed by atoms with E-state index in [1.165, 1.54) is 7.11 Å². The number of carbonyl (C=O) groups is 1. The van der Waals surface area contributed by atoms with Gasteiger partial charge >= 0.3 is 6.09 Å². The summed E-state index contributed by atoms with van der Waals surface area (Å²) in [7, 11) is 1.52. The molecular formula is C12H14N2O3. The molecular weight excluding hydrogens is 220 g/mol. The summed E-state index contributed by atoms with van der Waals surface area (Å²) >= 11 is 0. The minimum atomic E-state index is -1.07. The molecule has 0 saturated carbocycles. The quantitative estimate of drug-likeness (QED) is 0.806. The van der Waals surface area contributed by atoms with Gasteiger partial charge in [0.05, 0.1) is 24.3 Å². The van der Waals surface area contributed by atoms with E-state index >= 15 is 0 Å². The molecule has 1 atom stereocenters. The van der Waals surface area contributed by atoms with Crippen LogP contribution in [0, 0.1) is 11.3 Å². The predicted octanol–water partition coefficient (Wildman–Crippen LogP) is 1.38. The van der Waals surface area contributed by atoms with E-state index in [1.54, 1.807) is 12.1 Å². The van der Waals surface area contributed by atoms with Crippen molar-refractivity contribution in [1.29, 1.82) is 5.26 Å². The van der Waals surface area contributed by atoms with E-state index in [0.717, 1.165) is 5.56 Å². The fourth-order valence-corrected chi connectivity index (χ4v) is 1.53. The van der Waals surface area contributed by atoms with Crippen molar-refractivity contribution in [2.75, 3.05) is 13.7 Å². The summed E-state index contributed by atoms with van der Waals surface area (Å²) < 4.78 is 4.94. The number of hydrogen-bond donors (Lipinski definition) is 2. The zero-order chi connectivity index (χ0) is 12.7. The Hall–Kier alpha value is -2.06. The fraction of sp³-hybridized carbons (Fsp3) is 0.333. The third kappa shape index (κ3) is 4.53. The topological polar surface area (TPSA) is 82.3 Å². The largest absolute Gasteiger partial charge is 0.465 e. The zero-order valence-electron chi connectivity index (χ0n) is 9.51. The number of benzene rings is 1. The van der Waals surface area contributed by atoms with Crippen LogP contribution in [0.1, 0.15) is 11.1 Å². The molecule has 5 heteroatoms. The van der Waals surface area contributed by atoms with Crippen molar-refractivity contribution >= 4 is 6.09 Å². The zero-order valence-corrected chi connectivity index (χ0v) is 9.51. The van der Waals surface area contributed by atoms with Crippen LogP contribution in [0.5, 0.6) is 0 Å². The van der Waals surface area contributed by atoms with Crippen molar-refractivity contribution in [3.8, 4) is 6.07 Å². The Kier molecular flexibility index (Phi) is 4.98. The second-order valence-electron chi connectivity index (χ2n) is 3.61. The SMILES string of the molecule is COCC(Cc1ccc(C#N)cc1)NC(=O)O. The summed E-state index contributed by atoms with van der Waals surface area (Å²) in [5.41, 5.74) is 1.54. The summed E-state index contributed by atoms with van der Waals surface area (Å²) in [6.07, 6.45) is -0.535. The van der Waals surface area contributed by atoms with Gasteiger partial charge in [-0.25, -0.2) is 4.79 Å². The van der Waals surface area contributed by atoms with Gasteiger partial charge in [-0.3, -0.25) is 0 Å². The highest BCUT2D eigenvalue weighted by atomic mass is 16.5. The summed E-state index contributed by atoms with van der Waals surface area (Å²) in [5.74, 6) is 0. The smallest absolute Gasteiger partial charge is 0.404 e. The van der Waals surface area contributed by atoms with Gasteiger partial charge < -0.3 is 15.2 Å². The van der Waals surface area contributed by atoms with E-state index in [2.05, 4.69) is 5.32 Å². The highest BCUT2D eigenvalue weighted by Gasteiger charge is 2.11. The molecule has 0 aliphatic rings. The molecule has 0 spiro atoms. The van der Waals surface area contributed by atoms with Crippen LogP contribution in [0.15, 0.2) is 24.3 Å². The maximum Gasteiger partial charge on any atom is 0.404 e. The van der Waals surface area contributed by atoms with Crippen molar-refractivity contribution in [2.45, 2.75) is 12.5 Å². The van der Waals surface area contributed by atoms with Crippen LogP contribution in [-0.2, 0) is 11.2 Å². The molecule has 1 rings (SSSR count). The van der Waals surface area contributed by atoms with E-state index in [0.29, 0.717) is 18.6 Å². The van der Waals surface area contributed by atoms with Gasteiger partial charge in [0.1, 0.15) is 0 Å². The van der Waals surface area contributed by atoms with Gasteiger partial charge in [-0.1, -0.05) is 12.1 Å². The highest BCUT2D eigenvalue weighted by Crippen LogP contribution is 2.06. The maximum absolute atomic E-state index is 10.6. The van der Waals surface area contributed by atoms with Gasteiger partial charge in [-0.15, -0.1) is 0 Å². The van der Waals surface area contributed by atoms with Crippen LogP contribution < -0.4 is 5.32 Å². The molecule has 0 aromatic heterocycles. The van der Waals surface area contributed by atoms with Crippen LogP contribution in [0.2, 0.25) is 0 Å². The van der Waals surface area contributed by atoms with Crippen molar-refractivity contribution < 1.29 is 14.6 Å². The molecule has 1 unspecified atom stereocenters. The van der Waals surface area contributed by atoms with Gasteiger partial charge in [0, 0.05) is 7.11 Å². The van der Waals surface area contributed by atoms with Gasteiger partial charge in [0.25, 0.3) is 0 Å². The number of ether oxygens (including phenoxy) is 1. The summed E-state index contributed by atoms with van der Waals surface area (Å²) in [4.78, 5) is 10.6. The van der Waals surface area contributed by atoms with Crippen molar-refractivity contribution in [1.82, 2.24) is 5.32 Å². The second-order valence-corrected chi connectivity index (χ2v) is 3.61. The van der Waals surface area contributed by atoms with Gasteiger partial charge in [0.2, 0.25) is 0 Å². The molecule has 0 heterocycles. The molecule has 0 saturated heterocycles. The molecule has 0 fully saturated rings. The number of carboxylic acid groups (broad SMARTS) is 1. The lowest BCUT2D eigenvalue weighted by atomic mass is 10.1. The van der Waals surface area contributed by atoms with E-state index in [9.17, 15) is 4.79 Å². The predicted molar refractivity (Wildman–Crippen MR) is 61.7 cm³/mol. The van der Waals surface area contributed by atoms with Gasteiger partial charge in [-0.05, 0) is 24.1 Å². The van der Waals surface area contributed by atoms with E-state index < -0.39 is 6.09 Å². The Labute approximate surface area is 99.6 Å². The summed E-state index contributed by atoms with van der Waals surface area (Å²) in [6, 6.07) is 8.78. The first-order valence-electron chi connectivity index (χ1n) is 5.13. The number of methoxy groups -OCH3 is 1. The van der Waals surface area contributed by atoms with Crippen LogP contribution in [0.25, 0.3) is 0 Å². The number of nitriles is 1. The Bertz CT molecular complexity index is 409. The minimum absolute atomic E-state index is 0.287. The Morgan fingerprint density at radius 2 is 2.18 bits per heavy atom. The molecule has 1 aromatic rings. The third-order valence-corrected chi connectivity index (χ3v) is 2.26. The van der Waals surface area contributed by atoms with Crippen LogP contribution in [0.3, 0.4) is 0 Å². The van der Waals surface area contributed by atoms with Crippen molar-refractivity contribution in [2.24, 2.45) is 0 Å². The lowest BCUT2D eigenvalue weighted by molar-refractivity contribution is 0.151. The van der Waals surface area contributed by atoms with Crippen LogP contribution >= 0.6 is 0 Å². The van der Waals surface area contributed by atoms with Crippen LogP contribution in [0.4, 0.5) is 4.79 Å². The molecule has 0 bridgehead atoms. The number of nitrogens with one attached hydrogen (secondary N) is 1. The number of amides is 1. The average molecular weight is 234 g/mol. The molecule has 0 aliphatic heterocycles. The van der Waals surface area contributed by atoms with Crippen molar-refractivity contribution in [3.05, 3.63) is 35.4 Å². The first-order chi connectivity index (χ1) is 8.15. The lowest BCUT2D eigenvalue weighted by Crippen LogP contribution is -2.38. The number of hydrogen-bond acceptors (Lipinski definition) is 3. The molecule has 2 N–H and O–H groups in total. The van der Waals surface area contributed by atoms with E-state index in [1.807, 2.05) is 18.2 Å². The van der Waals surface area contributed by atoms with E-state index in [4.69, 9.17) is 15.1 Å². The summed E-state index contributed by atoms with van der Waals surface area (Å²) in [5, 5.41) is 19.7. The Balaban J connectivity index is 2.65. The average Bonchev–Trinajstić information content (AvgIpc) is 2.29. The lowest BCUT2D eigenvalue weighted by Gasteiger charge is -2.15. The summed E-state index contributed by atoms with van der Waals surface area (Å²) in [6.45, 7) is 0.312. The van der Waals surface area contributed by atoms with Gasteiger partial charge in [-0.2, -0.15) is 5.26 Å². The van der Waals surface area contributed by atoms with E-state index in [-0.39, 0.29) is 6.04 Å².